The number of nitrogens with one attached hydrogen (secondary N) is 1. The molecule has 1 unspecified atom stereocenters. The molecule has 0 aromatic heterocycles. The summed E-state index contributed by atoms with van der Waals surface area (Å²) in [4.78, 5) is 0. The molecule has 0 heterocycles. The summed E-state index contributed by atoms with van der Waals surface area (Å²) in [6, 6.07) is 9.54. The average molecular weight is 271 g/mol. The molecule has 0 fully saturated rings. The van der Waals surface area contributed by atoms with Gasteiger partial charge in [0, 0.05) is 6.04 Å². The van der Waals surface area contributed by atoms with Crippen LogP contribution in [-0.2, 0) is 6.42 Å². The molecule has 0 bridgehead atoms. The van der Waals surface area contributed by atoms with Gasteiger partial charge in [0.2, 0.25) is 0 Å². The van der Waals surface area contributed by atoms with Crippen molar-refractivity contribution in [2.75, 3.05) is 6.54 Å². The molecule has 1 heteroatoms. The van der Waals surface area contributed by atoms with E-state index in [1.807, 2.05) is 0 Å². The lowest BCUT2D eigenvalue weighted by atomic mass is 9.90. The largest absolute Gasteiger partial charge is 0.310 e. The molecule has 0 aliphatic heterocycles. The highest BCUT2D eigenvalue weighted by molar-refractivity contribution is 5.23. The van der Waals surface area contributed by atoms with Crippen LogP contribution in [0.4, 0.5) is 0 Å². The van der Waals surface area contributed by atoms with E-state index < -0.39 is 0 Å². The van der Waals surface area contributed by atoms with Crippen molar-refractivity contribution in [2.24, 2.45) is 0 Å². The molecule has 1 atom stereocenters. The third kappa shape index (κ3) is 4.79. The Morgan fingerprint density at radius 3 is 2.85 bits per heavy atom. The maximum atomic E-state index is 3.76. The summed E-state index contributed by atoms with van der Waals surface area (Å²) < 4.78 is 0. The van der Waals surface area contributed by atoms with Crippen molar-refractivity contribution in [3.63, 3.8) is 0 Å². The Morgan fingerprint density at radius 1 is 1.25 bits per heavy atom. The Morgan fingerprint density at radius 2 is 2.15 bits per heavy atom. The monoisotopic (exact) mass is 271 g/mol. The van der Waals surface area contributed by atoms with E-state index in [1.165, 1.54) is 56.1 Å². The van der Waals surface area contributed by atoms with Crippen molar-refractivity contribution in [2.45, 2.75) is 64.8 Å². The van der Waals surface area contributed by atoms with Crippen LogP contribution in [-0.4, -0.2) is 12.6 Å². The topological polar surface area (TPSA) is 12.0 Å². The molecule has 110 valence electrons. The van der Waals surface area contributed by atoms with E-state index in [-0.39, 0.29) is 0 Å². The van der Waals surface area contributed by atoms with Gasteiger partial charge >= 0.3 is 0 Å². The van der Waals surface area contributed by atoms with E-state index in [0.717, 1.165) is 6.54 Å². The van der Waals surface area contributed by atoms with Gasteiger partial charge < -0.3 is 5.32 Å². The van der Waals surface area contributed by atoms with Crippen molar-refractivity contribution in [3.8, 4) is 0 Å². The first-order valence-corrected chi connectivity index (χ1v) is 8.27. The highest BCUT2D eigenvalue weighted by atomic mass is 14.9. The van der Waals surface area contributed by atoms with Crippen LogP contribution in [0.5, 0.6) is 0 Å². The molecule has 0 amide bonds. The van der Waals surface area contributed by atoms with Crippen LogP contribution in [0.15, 0.2) is 35.9 Å². The molecule has 2 rings (SSSR count). The van der Waals surface area contributed by atoms with Gasteiger partial charge in [-0.05, 0) is 64.0 Å². The van der Waals surface area contributed by atoms with E-state index in [1.54, 1.807) is 5.57 Å². The van der Waals surface area contributed by atoms with Gasteiger partial charge in [0.1, 0.15) is 0 Å². The smallest absolute Gasteiger partial charge is 0.0282 e. The van der Waals surface area contributed by atoms with Crippen LogP contribution in [0.3, 0.4) is 0 Å². The van der Waals surface area contributed by atoms with Crippen LogP contribution in [0.2, 0.25) is 0 Å². The average Bonchev–Trinajstić information content (AvgIpc) is 2.48. The second-order valence-electron chi connectivity index (χ2n) is 6.06. The van der Waals surface area contributed by atoms with Gasteiger partial charge in [-0.15, -0.1) is 0 Å². The SMILES string of the molecule is CCCNC(CCc1cccc(C)c1)C1=CCCCC1. The predicted octanol–water partition coefficient (Wildman–Crippen LogP) is 4.80. The van der Waals surface area contributed by atoms with E-state index in [0.29, 0.717) is 6.04 Å². The molecule has 0 saturated carbocycles. The van der Waals surface area contributed by atoms with Crippen molar-refractivity contribution in [1.82, 2.24) is 5.32 Å². The lowest BCUT2D eigenvalue weighted by molar-refractivity contribution is 0.502. The van der Waals surface area contributed by atoms with Crippen molar-refractivity contribution >= 4 is 0 Å². The van der Waals surface area contributed by atoms with Gasteiger partial charge in [0.25, 0.3) is 0 Å². The van der Waals surface area contributed by atoms with Crippen LogP contribution < -0.4 is 5.32 Å². The van der Waals surface area contributed by atoms with Crippen LogP contribution in [0.25, 0.3) is 0 Å². The molecule has 20 heavy (non-hydrogen) atoms. The maximum Gasteiger partial charge on any atom is 0.0282 e. The minimum absolute atomic E-state index is 0.593. The van der Waals surface area contributed by atoms with Crippen LogP contribution in [0.1, 0.15) is 56.6 Å². The lowest BCUT2D eigenvalue weighted by Crippen LogP contribution is -2.32. The minimum Gasteiger partial charge on any atom is -0.310 e. The molecule has 1 aromatic carbocycles. The van der Waals surface area contributed by atoms with Gasteiger partial charge in [-0.2, -0.15) is 0 Å². The fraction of sp³-hybridized carbons (Fsp3) is 0.579. The molecule has 0 saturated heterocycles. The third-order valence-corrected chi connectivity index (χ3v) is 4.22. The minimum atomic E-state index is 0.593. The zero-order chi connectivity index (χ0) is 14.2. The summed E-state index contributed by atoms with van der Waals surface area (Å²) in [5.74, 6) is 0. The van der Waals surface area contributed by atoms with E-state index in [4.69, 9.17) is 0 Å². The van der Waals surface area contributed by atoms with E-state index >= 15 is 0 Å². The number of allylic oxidation sites excluding steroid dienone is 1. The standard InChI is InChI=1S/C19H29N/c1-3-14-20-19(18-10-5-4-6-11-18)13-12-17-9-7-8-16(2)15-17/h7-10,15,19-20H,3-6,11-14H2,1-2H3. The Bertz CT molecular complexity index is 433. The predicted molar refractivity (Wildman–Crippen MR) is 88.1 cm³/mol. The number of hydrogen-bond acceptors (Lipinski definition) is 1. The van der Waals surface area contributed by atoms with E-state index in [9.17, 15) is 0 Å². The number of benzene rings is 1. The first-order valence-electron chi connectivity index (χ1n) is 8.27. The van der Waals surface area contributed by atoms with Crippen molar-refractivity contribution < 1.29 is 0 Å². The normalized spacial score (nSPS) is 16.8. The Kier molecular flexibility index (Phi) is 6.32. The molecular formula is C19H29N. The Balaban J connectivity index is 1.94. The maximum absolute atomic E-state index is 3.76. The van der Waals surface area contributed by atoms with E-state index in [2.05, 4.69) is 49.5 Å². The number of rotatable bonds is 7. The second kappa shape index (κ2) is 8.26. The summed E-state index contributed by atoms with van der Waals surface area (Å²) in [5.41, 5.74) is 4.51. The fourth-order valence-corrected chi connectivity index (χ4v) is 3.10. The van der Waals surface area contributed by atoms with Crippen molar-refractivity contribution in [3.05, 3.63) is 47.0 Å². The highest BCUT2D eigenvalue weighted by Gasteiger charge is 2.15. The van der Waals surface area contributed by atoms with Gasteiger partial charge in [-0.25, -0.2) is 0 Å². The molecule has 1 aliphatic rings. The number of aryl methyl sites for hydroxylation is 2. The first kappa shape index (κ1) is 15.3. The molecule has 1 aliphatic carbocycles. The molecule has 1 nitrogen and oxygen atoms in total. The van der Waals surface area contributed by atoms with Crippen LogP contribution >= 0.6 is 0 Å². The highest BCUT2D eigenvalue weighted by Crippen LogP contribution is 2.23. The molecular weight excluding hydrogens is 242 g/mol. The lowest BCUT2D eigenvalue weighted by Gasteiger charge is -2.24. The van der Waals surface area contributed by atoms with Gasteiger partial charge in [0.15, 0.2) is 0 Å². The third-order valence-electron chi connectivity index (χ3n) is 4.22. The summed E-state index contributed by atoms with van der Waals surface area (Å²) in [7, 11) is 0. The molecule has 1 aromatic rings. The fourth-order valence-electron chi connectivity index (χ4n) is 3.10. The van der Waals surface area contributed by atoms with Crippen LogP contribution in [0, 0.1) is 6.92 Å². The quantitative estimate of drug-likeness (QED) is 0.703. The second-order valence-corrected chi connectivity index (χ2v) is 6.06. The number of hydrogen-bond donors (Lipinski definition) is 1. The first-order chi connectivity index (χ1) is 9.79. The zero-order valence-electron chi connectivity index (χ0n) is 13.1. The molecule has 1 N–H and O–H groups in total. The van der Waals surface area contributed by atoms with Gasteiger partial charge in [-0.3, -0.25) is 0 Å². The summed E-state index contributed by atoms with van der Waals surface area (Å²) in [5, 5.41) is 3.76. The zero-order valence-corrected chi connectivity index (χ0v) is 13.1. The van der Waals surface area contributed by atoms with Crippen molar-refractivity contribution in [1.29, 1.82) is 0 Å². The summed E-state index contributed by atoms with van der Waals surface area (Å²) in [6.45, 7) is 5.57. The Labute approximate surface area is 124 Å². The summed E-state index contributed by atoms with van der Waals surface area (Å²) >= 11 is 0. The van der Waals surface area contributed by atoms with Gasteiger partial charge in [-0.1, -0.05) is 48.4 Å². The summed E-state index contributed by atoms with van der Waals surface area (Å²) in [6.07, 6.45) is 11.5. The van der Waals surface area contributed by atoms with Gasteiger partial charge in [0.05, 0.1) is 0 Å². The Hall–Kier alpha value is -1.08. The molecule has 0 radical (unpaired) electrons. The molecule has 0 spiro atoms.